The van der Waals surface area contributed by atoms with Gasteiger partial charge in [-0.3, -0.25) is 4.98 Å². The molecule has 1 aromatic rings. The molecular weight excluding hydrogens is 98.1 g/mol. The molecule has 1 nitrogen and oxygen atoms in total. The Hall–Kier alpha value is -0.850. The molecular formula is C7H7N. The third-order valence-electron chi connectivity index (χ3n) is 0.950. The minimum atomic E-state index is 1.05. The van der Waals surface area contributed by atoms with Gasteiger partial charge in [0.2, 0.25) is 0 Å². The Kier molecular flexibility index (Phi) is 1.62. The van der Waals surface area contributed by atoms with E-state index in [-0.39, 0.29) is 0 Å². The Morgan fingerprint density at radius 3 is 2.88 bits per heavy atom. The van der Waals surface area contributed by atoms with E-state index >= 15 is 0 Å². The van der Waals surface area contributed by atoms with Gasteiger partial charge in [-0.25, -0.2) is 0 Å². The van der Waals surface area contributed by atoms with Crippen molar-refractivity contribution in [1.29, 1.82) is 0 Å². The number of pyridine rings is 1. The Labute approximate surface area is 49.4 Å². The normalized spacial score (nSPS) is 9.12. The molecule has 8 heavy (non-hydrogen) atoms. The van der Waals surface area contributed by atoms with Crippen molar-refractivity contribution in [2.75, 3.05) is 0 Å². The molecule has 2 radical (unpaired) electrons. The fraction of sp³-hybridized carbons (Fsp3) is 0.143. The van der Waals surface area contributed by atoms with Gasteiger partial charge in [0.15, 0.2) is 0 Å². The highest BCUT2D eigenvalue weighted by Gasteiger charge is 1.82. The summed E-state index contributed by atoms with van der Waals surface area (Å²) in [5.74, 6) is 0. The average Bonchev–Trinajstić information content (AvgIpc) is 1.90. The zero-order valence-corrected chi connectivity index (χ0v) is 4.76. The van der Waals surface area contributed by atoms with E-state index in [9.17, 15) is 0 Å². The van der Waals surface area contributed by atoms with Gasteiger partial charge in [-0.1, -0.05) is 13.0 Å². The second kappa shape index (κ2) is 2.46. The summed E-state index contributed by atoms with van der Waals surface area (Å²) in [7, 11) is 0. The van der Waals surface area contributed by atoms with Crippen molar-refractivity contribution >= 4 is 0 Å². The lowest BCUT2D eigenvalue weighted by Crippen LogP contribution is -1.75. The first-order valence-corrected chi connectivity index (χ1v) is 2.51. The number of hydrogen-bond donors (Lipinski definition) is 0. The fourth-order valence-electron chi connectivity index (χ4n) is 0.511. The third-order valence-corrected chi connectivity index (χ3v) is 0.950. The third kappa shape index (κ3) is 1.06. The van der Waals surface area contributed by atoms with Crippen LogP contribution in [0.1, 0.15) is 12.5 Å². The maximum Gasteiger partial charge on any atom is 0.0306 e. The van der Waals surface area contributed by atoms with E-state index in [0.717, 1.165) is 5.56 Å². The zero-order valence-electron chi connectivity index (χ0n) is 4.76. The maximum atomic E-state index is 3.89. The monoisotopic (exact) mass is 105 g/mol. The number of hydrogen-bond acceptors (Lipinski definition) is 1. The number of aromatic nitrogens is 1. The van der Waals surface area contributed by atoms with E-state index in [0.29, 0.717) is 0 Å². The van der Waals surface area contributed by atoms with Gasteiger partial charge >= 0.3 is 0 Å². The van der Waals surface area contributed by atoms with Crippen LogP contribution in [-0.2, 0) is 0 Å². The second-order valence-corrected chi connectivity index (χ2v) is 1.49. The molecule has 0 saturated carbocycles. The zero-order chi connectivity index (χ0) is 5.82. The molecule has 0 fully saturated rings. The average molecular weight is 105 g/mol. The number of nitrogens with zero attached hydrogens (tertiary/aromatic N) is 1. The van der Waals surface area contributed by atoms with Crippen molar-refractivity contribution in [1.82, 2.24) is 4.98 Å². The highest BCUT2D eigenvalue weighted by Crippen LogP contribution is 1.96. The van der Waals surface area contributed by atoms with E-state index in [1.807, 2.05) is 19.1 Å². The van der Waals surface area contributed by atoms with E-state index in [4.69, 9.17) is 0 Å². The van der Waals surface area contributed by atoms with Gasteiger partial charge in [0, 0.05) is 18.8 Å². The van der Waals surface area contributed by atoms with Gasteiger partial charge in [0.1, 0.15) is 0 Å². The molecule has 0 unspecified atom stereocenters. The predicted octanol–water partition coefficient (Wildman–Crippen LogP) is 1.53. The van der Waals surface area contributed by atoms with Crippen LogP contribution in [-0.4, -0.2) is 4.98 Å². The summed E-state index contributed by atoms with van der Waals surface area (Å²) in [4.78, 5) is 3.89. The van der Waals surface area contributed by atoms with Crippen LogP contribution in [0.3, 0.4) is 0 Å². The number of rotatable bonds is 1. The van der Waals surface area contributed by atoms with Gasteiger partial charge in [0.05, 0.1) is 0 Å². The highest BCUT2D eigenvalue weighted by atomic mass is 14.6. The molecule has 1 rings (SSSR count). The van der Waals surface area contributed by atoms with Crippen molar-refractivity contribution in [3.05, 3.63) is 36.5 Å². The molecule has 0 aliphatic heterocycles. The van der Waals surface area contributed by atoms with Crippen LogP contribution in [0, 0.1) is 6.42 Å². The lowest BCUT2D eigenvalue weighted by atomic mass is 10.2. The van der Waals surface area contributed by atoms with Gasteiger partial charge < -0.3 is 0 Å². The van der Waals surface area contributed by atoms with Crippen LogP contribution in [0.25, 0.3) is 0 Å². The first-order valence-electron chi connectivity index (χ1n) is 2.51. The van der Waals surface area contributed by atoms with E-state index in [1.165, 1.54) is 0 Å². The summed E-state index contributed by atoms with van der Waals surface area (Å²) in [5, 5.41) is 0. The van der Waals surface area contributed by atoms with Crippen LogP contribution < -0.4 is 0 Å². The Balaban J connectivity index is 2.83. The summed E-state index contributed by atoms with van der Waals surface area (Å²) in [5.41, 5.74) is 1.05. The van der Waals surface area contributed by atoms with Crippen molar-refractivity contribution in [3.63, 3.8) is 0 Å². The van der Waals surface area contributed by atoms with Crippen molar-refractivity contribution < 1.29 is 0 Å². The smallest absolute Gasteiger partial charge is 0.0306 e. The summed E-state index contributed by atoms with van der Waals surface area (Å²) in [6.45, 7) is 1.87. The minimum Gasteiger partial charge on any atom is -0.264 e. The van der Waals surface area contributed by atoms with Crippen LogP contribution >= 0.6 is 0 Å². The Morgan fingerprint density at radius 1 is 1.62 bits per heavy atom. The van der Waals surface area contributed by atoms with Gasteiger partial charge in [-0.05, 0) is 11.6 Å². The van der Waals surface area contributed by atoms with E-state index < -0.39 is 0 Å². The van der Waals surface area contributed by atoms with Crippen molar-refractivity contribution in [2.45, 2.75) is 6.92 Å². The molecule has 1 aromatic heterocycles. The summed E-state index contributed by atoms with van der Waals surface area (Å²) < 4.78 is 0. The Bertz CT molecular complexity index is 146. The summed E-state index contributed by atoms with van der Waals surface area (Å²) >= 11 is 0. The van der Waals surface area contributed by atoms with Crippen LogP contribution in [0.5, 0.6) is 0 Å². The maximum absolute atomic E-state index is 3.89. The van der Waals surface area contributed by atoms with E-state index in [1.54, 1.807) is 12.4 Å². The first kappa shape index (κ1) is 5.29. The van der Waals surface area contributed by atoms with Crippen LogP contribution in [0.15, 0.2) is 24.5 Å². The molecule has 0 aliphatic carbocycles. The van der Waals surface area contributed by atoms with Gasteiger partial charge in [-0.2, -0.15) is 0 Å². The fourth-order valence-corrected chi connectivity index (χ4v) is 0.511. The van der Waals surface area contributed by atoms with Gasteiger partial charge in [-0.15, -0.1) is 0 Å². The molecule has 0 amide bonds. The standard InChI is InChI=1S/C7H7N/c1-2-7-4-3-5-8-6-7/h3-6H,1H3. The molecule has 1 heteroatoms. The molecule has 1 heterocycles. The second-order valence-electron chi connectivity index (χ2n) is 1.49. The van der Waals surface area contributed by atoms with Crippen molar-refractivity contribution in [2.24, 2.45) is 0 Å². The molecule has 0 N–H and O–H groups in total. The van der Waals surface area contributed by atoms with Crippen LogP contribution in [0.4, 0.5) is 0 Å². The Morgan fingerprint density at radius 2 is 2.50 bits per heavy atom. The summed E-state index contributed by atoms with van der Waals surface area (Å²) in [6.07, 6.45) is 6.49. The topological polar surface area (TPSA) is 12.9 Å². The van der Waals surface area contributed by atoms with Gasteiger partial charge in [0.25, 0.3) is 0 Å². The molecule has 40 valence electrons. The van der Waals surface area contributed by atoms with Crippen LogP contribution in [0.2, 0.25) is 0 Å². The molecule has 0 aliphatic rings. The molecule has 0 spiro atoms. The highest BCUT2D eigenvalue weighted by molar-refractivity contribution is 5.15. The lowest BCUT2D eigenvalue weighted by Gasteiger charge is -1.87. The molecule has 0 atom stereocenters. The first-order chi connectivity index (χ1) is 3.93. The molecule has 0 aromatic carbocycles. The molecule has 0 bridgehead atoms. The largest absolute Gasteiger partial charge is 0.264 e. The predicted molar refractivity (Wildman–Crippen MR) is 32.3 cm³/mol. The quantitative estimate of drug-likeness (QED) is 0.527. The minimum absolute atomic E-state index is 1.05. The summed E-state index contributed by atoms with van der Waals surface area (Å²) in [6, 6.07) is 3.86. The van der Waals surface area contributed by atoms with E-state index in [2.05, 4.69) is 11.4 Å². The lowest BCUT2D eigenvalue weighted by molar-refractivity contribution is 1.27. The molecule has 0 saturated heterocycles. The van der Waals surface area contributed by atoms with Crippen molar-refractivity contribution in [3.8, 4) is 0 Å². The SMILES string of the molecule is C[C]c1cccnc1.